The van der Waals surface area contributed by atoms with Crippen molar-refractivity contribution in [2.45, 2.75) is 50.7 Å². The van der Waals surface area contributed by atoms with Crippen molar-refractivity contribution < 1.29 is 27.5 Å². The Kier molecular flexibility index (Phi) is 6.98. The van der Waals surface area contributed by atoms with Gasteiger partial charge in [-0.15, -0.1) is 0 Å². The number of H-pyrrole nitrogens is 1. The Bertz CT molecular complexity index is 1060. The molecule has 1 N–H and O–H groups in total. The van der Waals surface area contributed by atoms with E-state index in [1.807, 2.05) is 0 Å². The van der Waals surface area contributed by atoms with Crippen LogP contribution >= 0.6 is 0 Å². The van der Waals surface area contributed by atoms with E-state index in [0.29, 0.717) is 23.4 Å². The molecule has 1 fully saturated rings. The highest BCUT2D eigenvalue weighted by Gasteiger charge is 2.37. The number of ether oxygens (including phenoxy) is 2. The number of nitrogens with zero attached hydrogens (tertiary/aromatic N) is 1. The molecule has 3 rings (SSSR count). The fourth-order valence-electron chi connectivity index (χ4n) is 3.95. The van der Waals surface area contributed by atoms with E-state index in [9.17, 15) is 18.0 Å². The van der Waals surface area contributed by atoms with E-state index in [-0.39, 0.29) is 29.0 Å². The average molecular weight is 449 g/mol. The zero-order chi connectivity index (χ0) is 22.8. The Morgan fingerprint density at radius 3 is 2.52 bits per heavy atom. The molecule has 8 nitrogen and oxygen atoms in total. The number of ketones is 1. The van der Waals surface area contributed by atoms with Gasteiger partial charge in [0.15, 0.2) is 5.78 Å². The zero-order valence-corrected chi connectivity index (χ0v) is 19.0. The normalized spacial score (nSPS) is 17.6. The molecule has 168 valence electrons. The van der Waals surface area contributed by atoms with Gasteiger partial charge < -0.3 is 14.5 Å². The number of carbonyl (C=O) groups excluding carboxylic acids is 2. The lowest BCUT2D eigenvalue weighted by molar-refractivity contribution is 0.0593. The van der Waals surface area contributed by atoms with Crippen LogP contribution in [0.2, 0.25) is 0 Å². The third kappa shape index (κ3) is 4.58. The molecular formula is C22H28N2O6S. The van der Waals surface area contributed by atoms with Gasteiger partial charge in [0.25, 0.3) is 0 Å². The number of aryl methyl sites for hydroxylation is 1. The fourth-order valence-corrected chi connectivity index (χ4v) is 5.59. The van der Waals surface area contributed by atoms with E-state index < -0.39 is 22.0 Å². The summed E-state index contributed by atoms with van der Waals surface area (Å²) in [7, 11) is -2.69. The Morgan fingerprint density at radius 1 is 1.26 bits per heavy atom. The Hall–Kier alpha value is -2.49. The van der Waals surface area contributed by atoms with Crippen LogP contribution in [0.25, 0.3) is 0 Å². The second kappa shape index (κ2) is 9.33. The van der Waals surface area contributed by atoms with Gasteiger partial charge in [-0.25, -0.2) is 13.2 Å². The first kappa shape index (κ1) is 23.2. The van der Waals surface area contributed by atoms with Crippen LogP contribution in [-0.2, 0) is 19.5 Å². The number of Topliss-reactive ketones (excluding diaryl/α,β-unsaturated/α-hetero) is 1. The molecule has 2 unspecified atom stereocenters. The van der Waals surface area contributed by atoms with Crippen LogP contribution in [0.1, 0.15) is 51.9 Å². The quantitative estimate of drug-likeness (QED) is 0.492. The van der Waals surface area contributed by atoms with Gasteiger partial charge in [-0.2, -0.15) is 4.31 Å². The van der Waals surface area contributed by atoms with E-state index in [1.54, 1.807) is 39.0 Å². The molecule has 2 aromatic rings. The van der Waals surface area contributed by atoms with E-state index >= 15 is 0 Å². The highest BCUT2D eigenvalue weighted by Crippen LogP contribution is 2.27. The number of nitrogens with one attached hydrogen (secondary N) is 1. The van der Waals surface area contributed by atoms with Gasteiger partial charge in [0, 0.05) is 24.4 Å². The van der Waals surface area contributed by atoms with Crippen molar-refractivity contribution in [3.63, 3.8) is 0 Å². The first-order chi connectivity index (χ1) is 14.7. The monoisotopic (exact) mass is 448 g/mol. The topological polar surface area (TPSA) is 106 Å². The molecule has 31 heavy (non-hydrogen) atoms. The first-order valence-corrected chi connectivity index (χ1v) is 11.6. The van der Waals surface area contributed by atoms with Gasteiger partial charge in [0.1, 0.15) is 5.69 Å². The van der Waals surface area contributed by atoms with Gasteiger partial charge >= 0.3 is 5.97 Å². The van der Waals surface area contributed by atoms with Gasteiger partial charge in [-0.05, 0) is 51.3 Å². The second-order valence-corrected chi connectivity index (χ2v) is 9.57. The molecule has 1 aliphatic heterocycles. The molecule has 0 amide bonds. The number of esters is 1. The van der Waals surface area contributed by atoms with Crippen LogP contribution in [0.5, 0.6) is 0 Å². The van der Waals surface area contributed by atoms with Gasteiger partial charge in [0.2, 0.25) is 10.0 Å². The lowest BCUT2D eigenvalue weighted by atomic mass is 10.0. The number of benzene rings is 1. The lowest BCUT2D eigenvalue weighted by Gasteiger charge is -2.29. The minimum absolute atomic E-state index is 0.0799. The molecule has 0 saturated carbocycles. The second-order valence-electron chi connectivity index (χ2n) is 7.68. The molecule has 1 aliphatic rings. The highest BCUT2D eigenvalue weighted by molar-refractivity contribution is 7.89. The molecule has 0 bridgehead atoms. The minimum atomic E-state index is -3.95. The van der Waals surface area contributed by atoms with E-state index in [1.165, 1.54) is 23.5 Å². The van der Waals surface area contributed by atoms with Crippen LogP contribution in [0, 0.1) is 13.8 Å². The first-order valence-electron chi connectivity index (χ1n) is 10.2. The summed E-state index contributed by atoms with van der Waals surface area (Å²) in [5.74, 6) is -0.973. The Balaban J connectivity index is 2.00. The summed E-state index contributed by atoms with van der Waals surface area (Å²) < 4.78 is 38.6. The number of rotatable bonds is 8. The predicted molar refractivity (Wildman–Crippen MR) is 115 cm³/mol. The van der Waals surface area contributed by atoms with E-state index in [2.05, 4.69) is 4.98 Å². The number of sulfonamides is 1. The summed E-state index contributed by atoms with van der Waals surface area (Å²) in [6.07, 6.45) is 1.31. The maximum atomic E-state index is 13.5. The maximum absolute atomic E-state index is 13.5. The number of aromatic nitrogens is 1. The van der Waals surface area contributed by atoms with Gasteiger partial charge in [-0.3, -0.25) is 4.79 Å². The molecule has 0 aliphatic carbocycles. The van der Waals surface area contributed by atoms with Crippen LogP contribution in [0.4, 0.5) is 0 Å². The maximum Gasteiger partial charge on any atom is 0.354 e. The summed E-state index contributed by atoms with van der Waals surface area (Å²) >= 11 is 0. The van der Waals surface area contributed by atoms with Crippen molar-refractivity contribution in [3.05, 3.63) is 52.8 Å². The number of hydrogen-bond acceptors (Lipinski definition) is 6. The highest BCUT2D eigenvalue weighted by atomic mass is 32.2. The van der Waals surface area contributed by atoms with Crippen molar-refractivity contribution in [1.29, 1.82) is 0 Å². The molecule has 2 heterocycles. The smallest absolute Gasteiger partial charge is 0.354 e. The Morgan fingerprint density at radius 2 is 1.94 bits per heavy atom. The van der Waals surface area contributed by atoms with Crippen molar-refractivity contribution >= 4 is 21.8 Å². The summed E-state index contributed by atoms with van der Waals surface area (Å²) in [4.78, 5) is 28.5. The predicted octanol–water partition coefficient (Wildman–Crippen LogP) is 2.86. The largest absolute Gasteiger partial charge is 0.464 e. The molecule has 1 saturated heterocycles. The van der Waals surface area contributed by atoms with Crippen LogP contribution in [-0.4, -0.2) is 61.9 Å². The molecule has 2 atom stereocenters. The van der Waals surface area contributed by atoms with Crippen molar-refractivity contribution in [2.24, 2.45) is 0 Å². The third-order valence-corrected chi connectivity index (χ3v) is 7.59. The number of methoxy groups -OCH3 is 1. The van der Waals surface area contributed by atoms with Crippen molar-refractivity contribution in [2.75, 3.05) is 20.3 Å². The molecule has 9 heteroatoms. The summed E-state index contributed by atoms with van der Waals surface area (Å²) in [6.45, 7) is 5.55. The van der Waals surface area contributed by atoms with Crippen molar-refractivity contribution in [1.82, 2.24) is 9.29 Å². The minimum Gasteiger partial charge on any atom is -0.464 e. The van der Waals surface area contributed by atoms with Gasteiger partial charge in [-0.1, -0.05) is 18.2 Å². The standard InChI is InChI=1S/C22H28N2O6S/c1-14-19(15(2)23-20(14)22(26)29-4)21(25)16(3)24(13-17-9-8-12-30-17)31(27,28)18-10-6-5-7-11-18/h5-7,10-11,16-17,23H,8-9,12-13H2,1-4H3. The molecule has 1 aromatic heterocycles. The summed E-state index contributed by atoms with van der Waals surface area (Å²) in [5.41, 5.74) is 1.42. The molecule has 0 spiro atoms. The van der Waals surface area contributed by atoms with Crippen molar-refractivity contribution in [3.8, 4) is 0 Å². The van der Waals surface area contributed by atoms with Crippen LogP contribution in [0.15, 0.2) is 35.2 Å². The number of aromatic amines is 1. The molecule has 1 aromatic carbocycles. The molecule has 0 radical (unpaired) electrons. The lowest BCUT2D eigenvalue weighted by Crippen LogP contribution is -2.47. The fraction of sp³-hybridized carbons (Fsp3) is 0.455. The average Bonchev–Trinajstić information content (AvgIpc) is 3.38. The zero-order valence-electron chi connectivity index (χ0n) is 18.2. The Labute approximate surface area is 182 Å². The molecular weight excluding hydrogens is 420 g/mol. The van der Waals surface area contributed by atoms with E-state index in [0.717, 1.165) is 12.8 Å². The van der Waals surface area contributed by atoms with E-state index in [4.69, 9.17) is 9.47 Å². The number of carbonyl (C=O) groups is 2. The third-order valence-electron chi connectivity index (χ3n) is 5.64. The van der Waals surface area contributed by atoms with Gasteiger partial charge in [0.05, 0.1) is 24.2 Å². The summed E-state index contributed by atoms with van der Waals surface area (Å²) in [5, 5.41) is 0. The summed E-state index contributed by atoms with van der Waals surface area (Å²) in [6, 6.07) is 7.06. The number of hydrogen-bond donors (Lipinski definition) is 1. The SMILES string of the molecule is COC(=O)c1[nH]c(C)c(C(=O)C(C)N(CC2CCCO2)S(=O)(=O)c2ccccc2)c1C. The van der Waals surface area contributed by atoms with Crippen LogP contribution in [0.3, 0.4) is 0 Å². The van der Waals surface area contributed by atoms with Crippen LogP contribution < -0.4 is 0 Å².